The first kappa shape index (κ1) is 24.3. The molecular weight excluding hydrogens is 451 g/mol. The Morgan fingerprint density at radius 3 is 2.35 bits per heavy atom. The molecule has 7 nitrogen and oxygen atoms in total. The molecule has 0 unspecified atom stereocenters. The summed E-state index contributed by atoms with van der Waals surface area (Å²) < 4.78 is 48.3. The molecule has 176 valence electrons. The number of rotatable bonds is 8. The van der Waals surface area contributed by atoms with E-state index in [1.165, 1.54) is 12.1 Å². The predicted octanol–water partition coefficient (Wildman–Crippen LogP) is 3.91. The largest absolute Gasteiger partial charge is 0.492 e. The number of amidine groups is 1. The van der Waals surface area contributed by atoms with E-state index in [9.17, 15) is 22.8 Å². The molecule has 0 aliphatic rings. The summed E-state index contributed by atoms with van der Waals surface area (Å²) in [4.78, 5) is 24.0. The first-order valence-corrected chi connectivity index (χ1v) is 9.99. The molecule has 0 saturated carbocycles. The zero-order valence-corrected chi connectivity index (χ0v) is 17.7. The molecular formula is C24H20F3N3O4. The Kier molecular flexibility index (Phi) is 7.52. The van der Waals surface area contributed by atoms with Crippen LogP contribution in [0.5, 0.6) is 11.5 Å². The number of nitrogens with two attached hydrogens (primary N) is 1. The minimum Gasteiger partial charge on any atom is -0.492 e. The number of carbonyl (C=O) groups excluding carboxylic acids is 2. The van der Waals surface area contributed by atoms with Gasteiger partial charge in [0.2, 0.25) is 0 Å². The predicted molar refractivity (Wildman–Crippen MR) is 119 cm³/mol. The van der Waals surface area contributed by atoms with E-state index >= 15 is 0 Å². The van der Waals surface area contributed by atoms with Gasteiger partial charge in [0.05, 0.1) is 12.1 Å². The van der Waals surface area contributed by atoms with Gasteiger partial charge in [-0.1, -0.05) is 48.5 Å². The third-order valence-corrected chi connectivity index (χ3v) is 4.57. The van der Waals surface area contributed by atoms with E-state index in [1.54, 1.807) is 60.7 Å². The highest BCUT2D eigenvalue weighted by Gasteiger charge is 2.42. The van der Waals surface area contributed by atoms with Crippen LogP contribution in [-0.4, -0.2) is 37.0 Å². The van der Waals surface area contributed by atoms with Crippen LogP contribution >= 0.6 is 0 Å². The zero-order valence-electron chi connectivity index (χ0n) is 17.7. The van der Waals surface area contributed by atoms with Crippen molar-refractivity contribution in [3.05, 3.63) is 83.9 Å². The van der Waals surface area contributed by atoms with Gasteiger partial charge in [0, 0.05) is 5.56 Å². The third-order valence-electron chi connectivity index (χ3n) is 4.57. The number of benzene rings is 3. The number of alkyl halides is 3. The highest BCUT2D eigenvalue weighted by molar-refractivity contribution is 5.98. The normalized spacial score (nSPS) is 10.9. The molecule has 10 heteroatoms. The molecule has 34 heavy (non-hydrogen) atoms. The van der Waals surface area contributed by atoms with Crippen molar-refractivity contribution in [1.29, 1.82) is 5.41 Å². The molecule has 0 bridgehead atoms. The minimum absolute atomic E-state index is 0.0101. The lowest BCUT2D eigenvalue weighted by molar-refractivity contribution is -0.189. The van der Waals surface area contributed by atoms with Crippen molar-refractivity contribution in [2.24, 2.45) is 5.73 Å². The van der Waals surface area contributed by atoms with Gasteiger partial charge in [-0.25, -0.2) is 4.79 Å². The van der Waals surface area contributed by atoms with Gasteiger partial charge < -0.3 is 20.5 Å². The highest BCUT2D eigenvalue weighted by atomic mass is 19.4. The molecule has 0 radical (unpaired) electrons. The molecule has 0 fully saturated rings. The van der Waals surface area contributed by atoms with E-state index in [1.807, 2.05) is 0 Å². The van der Waals surface area contributed by atoms with E-state index in [2.05, 4.69) is 10.1 Å². The summed E-state index contributed by atoms with van der Waals surface area (Å²) in [6.07, 6.45) is -5.22. The smallest absolute Gasteiger partial charge is 0.491 e. The Labute approximate surface area is 192 Å². The fourth-order valence-electron chi connectivity index (χ4n) is 2.94. The molecule has 0 saturated heterocycles. The fourth-order valence-corrected chi connectivity index (χ4v) is 2.94. The molecule has 0 aromatic heterocycles. The fraction of sp³-hybridized carbons (Fsp3) is 0.125. The van der Waals surface area contributed by atoms with E-state index in [0.717, 1.165) is 0 Å². The van der Waals surface area contributed by atoms with Gasteiger partial charge in [-0.3, -0.25) is 10.2 Å². The van der Waals surface area contributed by atoms with Crippen LogP contribution in [0.3, 0.4) is 0 Å². The Hall–Kier alpha value is -4.34. The molecule has 0 aliphatic heterocycles. The van der Waals surface area contributed by atoms with E-state index < -0.39 is 23.8 Å². The Balaban J connectivity index is 1.72. The van der Waals surface area contributed by atoms with Gasteiger partial charge in [0.15, 0.2) is 0 Å². The van der Waals surface area contributed by atoms with Crippen molar-refractivity contribution in [3.63, 3.8) is 0 Å². The second-order valence-corrected chi connectivity index (χ2v) is 7.01. The van der Waals surface area contributed by atoms with Gasteiger partial charge in [0.25, 0.3) is 5.91 Å². The van der Waals surface area contributed by atoms with Crippen LogP contribution < -0.4 is 20.5 Å². The van der Waals surface area contributed by atoms with Crippen molar-refractivity contribution < 1.29 is 32.2 Å². The molecule has 4 N–H and O–H groups in total. The molecule has 1 amide bonds. The van der Waals surface area contributed by atoms with Gasteiger partial charge in [-0.05, 0) is 35.4 Å². The zero-order chi connectivity index (χ0) is 24.7. The van der Waals surface area contributed by atoms with Crippen molar-refractivity contribution in [2.75, 3.05) is 13.2 Å². The molecule has 3 aromatic rings. The number of hydrogen-bond donors (Lipinski definition) is 3. The highest BCUT2D eigenvalue weighted by Crippen LogP contribution is 2.29. The van der Waals surface area contributed by atoms with Crippen molar-refractivity contribution in [1.82, 2.24) is 5.32 Å². The Morgan fingerprint density at radius 2 is 1.68 bits per heavy atom. The monoisotopic (exact) mass is 471 g/mol. The molecule has 0 heterocycles. The maximum atomic E-state index is 12.8. The number of halogens is 3. The van der Waals surface area contributed by atoms with Crippen LogP contribution in [0.25, 0.3) is 11.1 Å². The number of nitrogens with one attached hydrogen (secondary N) is 2. The van der Waals surface area contributed by atoms with Gasteiger partial charge >= 0.3 is 12.1 Å². The molecule has 0 aliphatic carbocycles. The van der Waals surface area contributed by atoms with Gasteiger partial charge in [-0.2, -0.15) is 13.2 Å². The lowest BCUT2D eigenvalue weighted by atomic mass is 10.0. The average Bonchev–Trinajstić information content (AvgIpc) is 2.81. The summed E-state index contributed by atoms with van der Waals surface area (Å²) in [6.45, 7) is 0.0447. The standard InChI is InChI=1S/C24H20F3N3O4/c25-24(26,27)23(32)34-20-14-16(15-5-2-1-3-6-15)9-10-19(20)22(31)30-11-12-33-18-8-4-7-17(13-18)21(28)29/h1-10,13-14H,11-12H2,(H3,28,29)(H,30,31). The number of amides is 1. The molecule has 3 rings (SSSR count). The van der Waals surface area contributed by atoms with Crippen molar-refractivity contribution in [3.8, 4) is 22.6 Å². The Bertz CT molecular complexity index is 1200. The van der Waals surface area contributed by atoms with Crippen LogP contribution in [-0.2, 0) is 4.79 Å². The van der Waals surface area contributed by atoms with Crippen LogP contribution in [0.2, 0.25) is 0 Å². The maximum Gasteiger partial charge on any atom is 0.491 e. The van der Waals surface area contributed by atoms with Crippen LogP contribution in [0.15, 0.2) is 72.8 Å². The summed E-state index contributed by atoms with van der Waals surface area (Å²) in [5.41, 5.74) is 6.79. The molecule has 3 aromatic carbocycles. The SMILES string of the molecule is N=C(N)c1cccc(OCCNC(=O)c2ccc(-c3ccccc3)cc2OC(=O)C(F)(F)F)c1. The molecule has 0 spiro atoms. The topological polar surface area (TPSA) is 115 Å². The van der Waals surface area contributed by atoms with E-state index in [-0.39, 0.29) is 24.6 Å². The summed E-state index contributed by atoms with van der Waals surface area (Å²) in [5, 5.41) is 9.95. The van der Waals surface area contributed by atoms with Crippen molar-refractivity contribution in [2.45, 2.75) is 6.18 Å². The number of nitrogen functional groups attached to an aromatic ring is 1. The summed E-state index contributed by atoms with van der Waals surface area (Å²) in [6, 6.07) is 19.2. The minimum atomic E-state index is -5.22. The summed E-state index contributed by atoms with van der Waals surface area (Å²) in [7, 11) is 0. The second kappa shape index (κ2) is 10.5. The Morgan fingerprint density at radius 1 is 0.941 bits per heavy atom. The number of esters is 1. The first-order valence-electron chi connectivity index (χ1n) is 9.99. The van der Waals surface area contributed by atoms with Crippen LogP contribution in [0.1, 0.15) is 15.9 Å². The number of ether oxygens (including phenoxy) is 2. The quantitative estimate of drug-likeness (QED) is 0.152. The van der Waals surface area contributed by atoms with E-state index in [0.29, 0.717) is 22.4 Å². The second-order valence-electron chi connectivity index (χ2n) is 7.01. The lowest BCUT2D eigenvalue weighted by Gasteiger charge is -2.14. The summed E-state index contributed by atoms with van der Waals surface area (Å²) in [5.74, 6) is -3.39. The van der Waals surface area contributed by atoms with Gasteiger partial charge in [-0.15, -0.1) is 0 Å². The molecule has 0 atom stereocenters. The first-order chi connectivity index (χ1) is 16.1. The van der Waals surface area contributed by atoms with E-state index in [4.69, 9.17) is 15.9 Å². The lowest BCUT2D eigenvalue weighted by Crippen LogP contribution is -2.31. The number of hydrogen-bond acceptors (Lipinski definition) is 5. The third kappa shape index (κ3) is 6.35. The summed E-state index contributed by atoms with van der Waals surface area (Å²) >= 11 is 0. The number of carbonyl (C=O) groups is 2. The van der Waals surface area contributed by atoms with Crippen LogP contribution in [0, 0.1) is 5.41 Å². The van der Waals surface area contributed by atoms with Crippen molar-refractivity contribution >= 4 is 17.7 Å². The maximum absolute atomic E-state index is 12.8. The van der Waals surface area contributed by atoms with Gasteiger partial charge in [0.1, 0.15) is 23.9 Å². The van der Waals surface area contributed by atoms with Crippen LogP contribution in [0.4, 0.5) is 13.2 Å². The average molecular weight is 471 g/mol.